The van der Waals surface area contributed by atoms with Gasteiger partial charge in [0.05, 0.1) is 11.7 Å². The summed E-state index contributed by atoms with van der Waals surface area (Å²) in [5.74, 6) is 1.05. The molecule has 1 aliphatic rings. The van der Waals surface area contributed by atoms with E-state index in [4.69, 9.17) is 4.74 Å². The number of thiophene rings is 1. The fraction of sp³-hybridized carbons (Fsp3) is 0.478. The van der Waals surface area contributed by atoms with E-state index in [0.29, 0.717) is 27.8 Å². The summed E-state index contributed by atoms with van der Waals surface area (Å²) < 4.78 is 5.68. The SMILES string of the molecule is CC(C)Oc1cccc(C(=O)Nc2sc3c(c2C#N)CC[C@H](C(C)(C)C)C3)c1. The third-order valence-corrected chi connectivity index (χ3v) is 6.47. The minimum absolute atomic E-state index is 0.0447. The minimum Gasteiger partial charge on any atom is -0.491 e. The summed E-state index contributed by atoms with van der Waals surface area (Å²) in [6.07, 6.45) is 3.02. The molecular formula is C23H28N2O2S. The monoisotopic (exact) mass is 396 g/mol. The van der Waals surface area contributed by atoms with Crippen molar-refractivity contribution in [2.45, 2.75) is 60.0 Å². The molecule has 3 rings (SSSR count). The Kier molecular flexibility index (Phi) is 5.81. The van der Waals surface area contributed by atoms with Crippen LogP contribution >= 0.6 is 11.3 Å². The molecule has 0 aliphatic heterocycles. The lowest BCUT2D eigenvalue weighted by atomic mass is 9.72. The van der Waals surface area contributed by atoms with Crippen molar-refractivity contribution in [1.29, 1.82) is 5.26 Å². The van der Waals surface area contributed by atoms with Crippen molar-refractivity contribution < 1.29 is 9.53 Å². The van der Waals surface area contributed by atoms with Gasteiger partial charge in [-0.15, -0.1) is 11.3 Å². The summed E-state index contributed by atoms with van der Waals surface area (Å²) >= 11 is 1.56. The molecule has 0 unspecified atom stereocenters. The maximum absolute atomic E-state index is 12.8. The van der Waals surface area contributed by atoms with E-state index in [9.17, 15) is 10.1 Å². The maximum Gasteiger partial charge on any atom is 0.256 e. The van der Waals surface area contributed by atoms with Crippen LogP contribution < -0.4 is 10.1 Å². The minimum atomic E-state index is -0.211. The number of nitrogens with one attached hydrogen (secondary N) is 1. The number of hydrogen-bond donors (Lipinski definition) is 1. The molecule has 148 valence electrons. The first kappa shape index (κ1) is 20.4. The summed E-state index contributed by atoms with van der Waals surface area (Å²) in [4.78, 5) is 14.0. The van der Waals surface area contributed by atoms with E-state index in [-0.39, 0.29) is 17.4 Å². The zero-order valence-electron chi connectivity index (χ0n) is 17.3. The van der Waals surface area contributed by atoms with Crippen LogP contribution in [0.25, 0.3) is 0 Å². The van der Waals surface area contributed by atoms with Gasteiger partial charge in [-0.2, -0.15) is 5.26 Å². The number of carbonyl (C=O) groups excluding carboxylic acids is 1. The van der Waals surface area contributed by atoms with Gasteiger partial charge in [-0.25, -0.2) is 0 Å². The summed E-state index contributed by atoms with van der Waals surface area (Å²) in [5, 5.41) is 13.3. The van der Waals surface area contributed by atoms with E-state index in [0.717, 1.165) is 24.8 Å². The number of amides is 1. The number of nitrogens with zero attached hydrogens (tertiary/aromatic N) is 1. The molecule has 1 amide bonds. The Morgan fingerprint density at radius 1 is 1.36 bits per heavy atom. The number of benzene rings is 1. The van der Waals surface area contributed by atoms with E-state index >= 15 is 0 Å². The number of anilines is 1. The molecule has 4 nitrogen and oxygen atoms in total. The van der Waals surface area contributed by atoms with E-state index < -0.39 is 0 Å². The normalized spacial score (nSPS) is 16.4. The Hall–Kier alpha value is -2.32. The third kappa shape index (κ3) is 4.39. The molecule has 1 aromatic carbocycles. The van der Waals surface area contributed by atoms with Gasteiger partial charge in [0.1, 0.15) is 16.8 Å². The fourth-order valence-corrected chi connectivity index (χ4v) is 4.96. The second-order valence-electron chi connectivity index (χ2n) is 8.77. The largest absolute Gasteiger partial charge is 0.491 e. The molecule has 0 saturated carbocycles. The molecule has 1 heterocycles. The van der Waals surface area contributed by atoms with Crippen LogP contribution in [-0.4, -0.2) is 12.0 Å². The van der Waals surface area contributed by atoms with E-state index in [2.05, 4.69) is 32.2 Å². The highest BCUT2D eigenvalue weighted by molar-refractivity contribution is 7.16. The van der Waals surface area contributed by atoms with Crippen molar-refractivity contribution in [3.63, 3.8) is 0 Å². The zero-order chi connectivity index (χ0) is 20.5. The van der Waals surface area contributed by atoms with E-state index in [1.165, 1.54) is 4.88 Å². The molecule has 0 saturated heterocycles. The zero-order valence-corrected chi connectivity index (χ0v) is 18.1. The first-order valence-corrected chi connectivity index (χ1v) is 10.6. The van der Waals surface area contributed by atoms with Gasteiger partial charge in [0, 0.05) is 10.4 Å². The van der Waals surface area contributed by atoms with Gasteiger partial charge in [-0.3, -0.25) is 4.79 Å². The molecule has 28 heavy (non-hydrogen) atoms. The standard InChI is InChI=1S/C23H28N2O2S/c1-14(2)27-17-8-6-7-15(11-17)21(26)25-22-19(13-24)18-10-9-16(23(3,4)5)12-20(18)28-22/h6-8,11,14,16H,9-10,12H2,1-5H3,(H,25,26)/t16-/m0/s1. The quantitative estimate of drug-likeness (QED) is 0.709. The lowest BCUT2D eigenvalue weighted by molar-refractivity contribution is 0.102. The Balaban J connectivity index is 1.83. The summed E-state index contributed by atoms with van der Waals surface area (Å²) in [6.45, 7) is 10.7. The molecule has 5 heteroatoms. The van der Waals surface area contributed by atoms with Gasteiger partial charge in [0.25, 0.3) is 5.91 Å². The van der Waals surface area contributed by atoms with Crippen LogP contribution in [0.2, 0.25) is 0 Å². The number of ether oxygens (including phenoxy) is 1. The first-order chi connectivity index (χ1) is 13.2. The molecule has 0 bridgehead atoms. The summed E-state index contributed by atoms with van der Waals surface area (Å²) in [7, 11) is 0. The van der Waals surface area contributed by atoms with Crippen LogP contribution in [0, 0.1) is 22.7 Å². The summed E-state index contributed by atoms with van der Waals surface area (Å²) in [6, 6.07) is 9.48. The fourth-order valence-electron chi connectivity index (χ4n) is 3.69. The predicted molar refractivity (Wildman–Crippen MR) is 114 cm³/mol. The van der Waals surface area contributed by atoms with Crippen molar-refractivity contribution in [2.24, 2.45) is 11.3 Å². The van der Waals surface area contributed by atoms with Crippen molar-refractivity contribution in [3.8, 4) is 11.8 Å². The van der Waals surface area contributed by atoms with Gasteiger partial charge in [-0.1, -0.05) is 26.8 Å². The van der Waals surface area contributed by atoms with Crippen molar-refractivity contribution in [2.75, 3.05) is 5.32 Å². The Morgan fingerprint density at radius 2 is 2.11 bits per heavy atom. The van der Waals surface area contributed by atoms with Gasteiger partial charge < -0.3 is 10.1 Å². The van der Waals surface area contributed by atoms with Gasteiger partial charge in [-0.05, 0) is 68.2 Å². The van der Waals surface area contributed by atoms with Crippen molar-refractivity contribution in [1.82, 2.24) is 0 Å². The topological polar surface area (TPSA) is 62.1 Å². The second-order valence-corrected chi connectivity index (χ2v) is 9.88. The predicted octanol–water partition coefficient (Wildman–Crippen LogP) is 5.81. The number of nitriles is 1. The molecule has 2 aromatic rings. The number of fused-ring (bicyclic) bond motifs is 1. The Morgan fingerprint density at radius 3 is 2.75 bits per heavy atom. The highest BCUT2D eigenvalue weighted by Gasteiger charge is 2.32. The smallest absolute Gasteiger partial charge is 0.256 e. The van der Waals surface area contributed by atoms with Gasteiger partial charge >= 0.3 is 0 Å². The highest BCUT2D eigenvalue weighted by Crippen LogP contribution is 2.44. The van der Waals surface area contributed by atoms with Crippen LogP contribution in [0.3, 0.4) is 0 Å². The number of hydrogen-bond acceptors (Lipinski definition) is 4. The molecule has 1 N–H and O–H groups in total. The van der Waals surface area contributed by atoms with Gasteiger partial charge in [0.15, 0.2) is 0 Å². The van der Waals surface area contributed by atoms with Crippen LogP contribution in [-0.2, 0) is 12.8 Å². The Labute approximate surface area is 171 Å². The molecule has 0 radical (unpaired) electrons. The first-order valence-electron chi connectivity index (χ1n) is 9.81. The molecule has 1 atom stereocenters. The number of carbonyl (C=O) groups is 1. The summed E-state index contributed by atoms with van der Waals surface area (Å²) in [5.41, 5.74) is 2.53. The van der Waals surface area contributed by atoms with Crippen molar-refractivity contribution in [3.05, 3.63) is 45.8 Å². The van der Waals surface area contributed by atoms with Crippen molar-refractivity contribution >= 4 is 22.2 Å². The molecular weight excluding hydrogens is 368 g/mol. The highest BCUT2D eigenvalue weighted by atomic mass is 32.1. The molecule has 1 aromatic heterocycles. The second kappa shape index (κ2) is 7.97. The molecule has 0 fully saturated rings. The molecule has 1 aliphatic carbocycles. The Bertz CT molecular complexity index is 916. The van der Waals surface area contributed by atoms with Crippen LogP contribution in [0.1, 0.15) is 67.4 Å². The lowest BCUT2D eigenvalue weighted by Gasteiger charge is -2.33. The average Bonchev–Trinajstić information content (AvgIpc) is 2.96. The average molecular weight is 397 g/mol. The van der Waals surface area contributed by atoms with E-state index in [1.807, 2.05) is 26.0 Å². The van der Waals surface area contributed by atoms with Crippen LogP contribution in [0.4, 0.5) is 5.00 Å². The van der Waals surface area contributed by atoms with E-state index in [1.54, 1.807) is 23.5 Å². The molecule has 0 spiro atoms. The lowest BCUT2D eigenvalue weighted by Crippen LogP contribution is -2.26. The third-order valence-electron chi connectivity index (χ3n) is 5.30. The van der Waals surface area contributed by atoms with Crippen LogP contribution in [0.5, 0.6) is 5.75 Å². The van der Waals surface area contributed by atoms with Gasteiger partial charge in [0.2, 0.25) is 0 Å². The number of rotatable bonds is 4. The maximum atomic E-state index is 12.8. The van der Waals surface area contributed by atoms with Crippen LogP contribution in [0.15, 0.2) is 24.3 Å².